The summed E-state index contributed by atoms with van der Waals surface area (Å²) in [6.07, 6.45) is 6.58. The normalized spacial score (nSPS) is 18.3. The van der Waals surface area contributed by atoms with Gasteiger partial charge in [0.2, 0.25) is 0 Å². The molecule has 1 aliphatic heterocycles. The molecule has 7 heteroatoms. The summed E-state index contributed by atoms with van der Waals surface area (Å²) in [5.41, 5.74) is 0.385. The molecule has 0 spiro atoms. The fraction of sp³-hybridized carbons (Fsp3) is 0.700. The number of amides is 3. The van der Waals surface area contributed by atoms with Crippen LogP contribution in [0.4, 0.5) is 4.79 Å². The van der Waals surface area contributed by atoms with Gasteiger partial charge in [-0.05, 0) is 52.0 Å². The standard InChI is InChI=1S/C30H49N2O5/c1-7-9-10-14-19-26(28(34)37-30(3,4)5)27(33)32(6,21-8-2)29(35)31-20-15-18-25(31)23-36-22-24-16-12-11-13-17-24/h11-13,16-17,25-26H,7-10,14-15,18-23H2,1-6H3/q+1/t25-,26-,32+/m1/s1. The second-order valence-corrected chi connectivity index (χ2v) is 11.5. The van der Waals surface area contributed by atoms with Crippen LogP contribution in [-0.2, 0) is 25.7 Å². The van der Waals surface area contributed by atoms with E-state index in [2.05, 4.69) is 6.92 Å². The molecule has 1 aliphatic rings. The quantitative estimate of drug-likeness (QED) is 0.137. The number of esters is 1. The highest BCUT2D eigenvalue weighted by Gasteiger charge is 2.51. The SMILES string of the molecule is CCCCCC[C@@H](C(=O)OC(C)(C)C)C(=O)[N@+](C)(CCC)C(=O)N1CCC[C@@H]1COCc1ccccc1. The number of carbonyl (C=O) groups is 3. The lowest BCUT2D eigenvalue weighted by atomic mass is 9.97. The van der Waals surface area contributed by atoms with Gasteiger partial charge in [0.1, 0.15) is 5.60 Å². The second kappa shape index (κ2) is 14.6. The van der Waals surface area contributed by atoms with Gasteiger partial charge in [-0.15, -0.1) is 0 Å². The molecule has 0 bridgehead atoms. The van der Waals surface area contributed by atoms with Crippen LogP contribution in [0.1, 0.15) is 91.5 Å². The molecule has 0 N–H and O–H groups in total. The molecule has 0 radical (unpaired) electrons. The Bertz CT molecular complexity index is 866. The molecule has 0 aromatic heterocycles. The Labute approximate surface area is 224 Å². The molecule has 7 nitrogen and oxygen atoms in total. The molecule has 1 aromatic carbocycles. The van der Waals surface area contributed by atoms with Crippen LogP contribution in [0.3, 0.4) is 0 Å². The molecule has 1 aromatic rings. The number of unbranched alkanes of at least 4 members (excludes halogenated alkanes) is 3. The molecule has 1 saturated heterocycles. The number of rotatable bonds is 13. The number of ether oxygens (including phenoxy) is 2. The summed E-state index contributed by atoms with van der Waals surface area (Å²) >= 11 is 0. The van der Waals surface area contributed by atoms with Crippen LogP contribution < -0.4 is 0 Å². The molecule has 0 aliphatic carbocycles. The first-order chi connectivity index (χ1) is 17.5. The van der Waals surface area contributed by atoms with Crippen molar-refractivity contribution in [3.63, 3.8) is 0 Å². The summed E-state index contributed by atoms with van der Waals surface area (Å²) in [5, 5.41) is 0. The van der Waals surface area contributed by atoms with Gasteiger partial charge in [-0.3, -0.25) is 9.69 Å². The number of likely N-dealkylation sites (tertiary alicyclic amines) is 1. The van der Waals surface area contributed by atoms with Gasteiger partial charge in [0, 0.05) is 6.54 Å². The number of benzene rings is 1. The zero-order valence-electron chi connectivity index (χ0n) is 24.0. The van der Waals surface area contributed by atoms with Crippen molar-refractivity contribution in [1.82, 2.24) is 4.90 Å². The maximum Gasteiger partial charge on any atom is 0.426 e. The summed E-state index contributed by atoms with van der Waals surface area (Å²) < 4.78 is 11.2. The topological polar surface area (TPSA) is 72.9 Å². The number of hydrogen-bond acceptors (Lipinski definition) is 5. The van der Waals surface area contributed by atoms with Crippen LogP contribution in [-0.4, -0.2) is 65.7 Å². The molecule has 37 heavy (non-hydrogen) atoms. The largest absolute Gasteiger partial charge is 0.459 e. The van der Waals surface area contributed by atoms with E-state index in [1.165, 1.54) is 0 Å². The minimum atomic E-state index is -0.952. The van der Waals surface area contributed by atoms with Crippen molar-refractivity contribution in [2.75, 3.05) is 26.7 Å². The Morgan fingerprint density at radius 3 is 2.38 bits per heavy atom. The maximum atomic E-state index is 14.0. The fourth-order valence-electron chi connectivity index (χ4n) is 5.01. The van der Waals surface area contributed by atoms with Crippen LogP contribution in [0.5, 0.6) is 0 Å². The van der Waals surface area contributed by atoms with Crippen LogP contribution in [0, 0.1) is 5.92 Å². The van der Waals surface area contributed by atoms with Crippen LogP contribution in [0.25, 0.3) is 0 Å². The van der Waals surface area contributed by atoms with Crippen LogP contribution in [0.2, 0.25) is 0 Å². The third kappa shape index (κ3) is 9.22. The van der Waals surface area contributed by atoms with E-state index in [9.17, 15) is 14.4 Å². The minimum Gasteiger partial charge on any atom is -0.459 e. The highest BCUT2D eigenvalue weighted by atomic mass is 16.6. The second-order valence-electron chi connectivity index (χ2n) is 11.5. The molecule has 1 heterocycles. The van der Waals surface area contributed by atoms with Gasteiger partial charge < -0.3 is 9.47 Å². The maximum absolute atomic E-state index is 14.0. The number of urea groups is 1. The van der Waals surface area contributed by atoms with E-state index in [0.29, 0.717) is 39.1 Å². The first-order valence-electron chi connectivity index (χ1n) is 14.1. The first kappa shape index (κ1) is 31.0. The smallest absolute Gasteiger partial charge is 0.426 e. The Kier molecular flexibility index (Phi) is 12.2. The van der Waals surface area contributed by atoms with Gasteiger partial charge in [0.15, 0.2) is 5.92 Å². The Morgan fingerprint density at radius 1 is 1.05 bits per heavy atom. The number of quaternary nitrogens is 1. The summed E-state index contributed by atoms with van der Waals surface area (Å²) in [6, 6.07) is 9.64. The summed E-state index contributed by atoms with van der Waals surface area (Å²) in [6.45, 7) is 11.4. The Hall–Kier alpha value is -2.25. The summed E-state index contributed by atoms with van der Waals surface area (Å²) in [4.78, 5) is 43.1. The number of hydrogen-bond donors (Lipinski definition) is 0. The number of carbonyl (C=O) groups excluding carboxylic acids is 3. The van der Waals surface area contributed by atoms with Gasteiger partial charge in [0.05, 0.1) is 32.8 Å². The van der Waals surface area contributed by atoms with E-state index in [0.717, 1.165) is 44.1 Å². The van der Waals surface area contributed by atoms with Crippen molar-refractivity contribution in [3.8, 4) is 0 Å². The average Bonchev–Trinajstić information content (AvgIpc) is 3.31. The predicted octanol–water partition coefficient (Wildman–Crippen LogP) is 6.10. The third-order valence-corrected chi connectivity index (χ3v) is 6.96. The van der Waals surface area contributed by atoms with E-state index in [-0.39, 0.29) is 18.0 Å². The van der Waals surface area contributed by atoms with Crippen molar-refractivity contribution >= 4 is 17.9 Å². The Balaban J connectivity index is 2.19. The molecule has 0 saturated carbocycles. The van der Waals surface area contributed by atoms with Crippen molar-refractivity contribution in [2.45, 2.75) is 104 Å². The average molecular weight is 518 g/mol. The predicted molar refractivity (Wildman–Crippen MR) is 146 cm³/mol. The van der Waals surface area contributed by atoms with Crippen molar-refractivity contribution in [1.29, 1.82) is 0 Å². The minimum absolute atomic E-state index is 0.0807. The van der Waals surface area contributed by atoms with Gasteiger partial charge in [-0.1, -0.05) is 69.9 Å². The Morgan fingerprint density at radius 2 is 1.76 bits per heavy atom. The highest BCUT2D eigenvalue weighted by Crippen LogP contribution is 2.27. The summed E-state index contributed by atoms with van der Waals surface area (Å²) in [5.74, 6) is -1.83. The monoisotopic (exact) mass is 517 g/mol. The zero-order valence-corrected chi connectivity index (χ0v) is 24.0. The van der Waals surface area contributed by atoms with E-state index in [1.54, 1.807) is 27.8 Å². The molecule has 2 rings (SSSR count). The molecule has 0 unspecified atom stereocenters. The molecule has 3 atom stereocenters. The van der Waals surface area contributed by atoms with E-state index >= 15 is 0 Å². The molecular formula is C30H49N2O5+. The first-order valence-corrected chi connectivity index (χ1v) is 14.1. The van der Waals surface area contributed by atoms with E-state index in [4.69, 9.17) is 9.47 Å². The lowest BCUT2D eigenvalue weighted by Crippen LogP contribution is -2.63. The zero-order chi connectivity index (χ0) is 27.5. The number of imide groups is 1. The third-order valence-electron chi connectivity index (χ3n) is 6.96. The fourth-order valence-corrected chi connectivity index (χ4v) is 5.01. The summed E-state index contributed by atoms with van der Waals surface area (Å²) in [7, 11) is 1.68. The van der Waals surface area contributed by atoms with Gasteiger partial charge in [-0.2, -0.15) is 4.48 Å². The van der Waals surface area contributed by atoms with Gasteiger partial charge >= 0.3 is 17.9 Å². The van der Waals surface area contributed by atoms with Gasteiger partial charge in [-0.25, -0.2) is 9.59 Å². The molecule has 1 fully saturated rings. The highest BCUT2D eigenvalue weighted by molar-refractivity contribution is 5.98. The van der Waals surface area contributed by atoms with Crippen molar-refractivity contribution in [2.24, 2.45) is 5.92 Å². The van der Waals surface area contributed by atoms with E-state index in [1.807, 2.05) is 42.2 Å². The van der Waals surface area contributed by atoms with Gasteiger partial charge in [0.25, 0.3) is 0 Å². The molecule has 3 amide bonds. The van der Waals surface area contributed by atoms with Crippen molar-refractivity contribution in [3.05, 3.63) is 35.9 Å². The van der Waals surface area contributed by atoms with Crippen molar-refractivity contribution < 1.29 is 28.3 Å². The molecular weight excluding hydrogens is 468 g/mol. The lowest BCUT2D eigenvalue weighted by molar-refractivity contribution is -0.758. The number of nitrogens with zero attached hydrogens (tertiary/aromatic N) is 2. The molecule has 208 valence electrons. The van der Waals surface area contributed by atoms with E-state index < -0.39 is 22.0 Å². The lowest BCUT2D eigenvalue weighted by Gasteiger charge is -2.36. The van der Waals surface area contributed by atoms with Crippen LogP contribution >= 0.6 is 0 Å². The van der Waals surface area contributed by atoms with Crippen LogP contribution in [0.15, 0.2) is 30.3 Å².